The van der Waals surface area contributed by atoms with Crippen LogP contribution < -0.4 is 10.3 Å². The number of benzene rings is 1. The molecule has 0 bridgehead atoms. The van der Waals surface area contributed by atoms with Crippen molar-refractivity contribution < 1.29 is 33.5 Å². The Bertz CT molecular complexity index is 1190. The van der Waals surface area contributed by atoms with Crippen molar-refractivity contribution in [2.45, 2.75) is 42.9 Å². The summed E-state index contributed by atoms with van der Waals surface area (Å²) in [6.45, 7) is 1.60. The lowest BCUT2D eigenvalue weighted by atomic mass is 9.93. The number of anilines is 1. The number of phosphoric acid groups is 1. The van der Waals surface area contributed by atoms with Crippen LogP contribution in [0.2, 0.25) is 0 Å². The topological polar surface area (TPSA) is 162 Å². The average Bonchev–Trinajstić information content (AvgIpc) is 3.11. The molecule has 1 aliphatic heterocycles. The highest BCUT2D eigenvalue weighted by Gasteiger charge is 2.74. The quantitative estimate of drug-likeness (QED) is 0.414. The van der Waals surface area contributed by atoms with Crippen LogP contribution in [0.5, 0.6) is 5.75 Å². The van der Waals surface area contributed by atoms with Crippen LogP contribution >= 0.6 is 7.82 Å². The third kappa shape index (κ3) is 3.13. The van der Waals surface area contributed by atoms with Gasteiger partial charge in [-0.05, 0) is 31.2 Å². The summed E-state index contributed by atoms with van der Waals surface area (Å²) in [7, 11) is -4.50. The number of phosphoric ester groups is 1. The van der Waals surface area contributed by atoms with Crippen molar-refractivity contribution in [3.63, 3.8) is 0 Å². The maximum atomic E-state index is 12.4. The first-order valence-corrected chi connectivity index (χ1v) is 11.1. The normalized spacial score (nSPS) is 34.1. The number of nitrogen functional groups attached to an aromatic ring is 1. The van der Waals surface area contributed by atoms with Gasteiger partial charge in [0.05, 0.1) is 5.69 Å². The Morgan fingerprint density at radius 1 is 1.23 bits per heavy atom. The third-order valence-electron chi connectivity index (χ3n) is 5.87. The van der Waals surface area contributed by atoms with Crippen molar-refractivity contribution in [2.24, 2.45) is 0 Å². The van der Waals surface area contributed by atoms with Gasteiger partial charge in [0.15, 0.2) is 5.82 Å². The van der Waals surface area contributed by atoms with Gasteiger partial charge in [-0.25, -0.2) is 14.1 Å². The van der Waals surface area contributed by atoms with Crippen LogP contribution in [0.1, 0.15) is 19.0 Å². The highest BCUT2D eigenvalue weighted by molar-refractivity contribution is 7.47. The number of ether oxygens (including phenoxy) is 1. The van der Waals surface area contributed by atoms with Crippen molar-refractivity contribution in [3.8, 4) is 5.75 Å². The third-order valence-corrected chi connectivity index (χ3v) is 6.83. The zero-order valence-corrected chi connectivity index (χ0v) is 17.3. The maximum absolute atomic E-state index is 12.4. The average molecular weight is 448 g/mol. The summed E-state index contributed by atoms with van der Waals surface area (Å²) in [5.74, 6) is 0.414. The monoisotopic (exact) mass is 448 g/mol. The Morgan fingerprint density at radius 2 is 1.97 bits per heavy atom. The van der Waals surface area contributed by atoms with E-state index in [-0.39, 0.29) is 18.0 Å². The van der Waals surface area contributed by atoms with Gasteiger partial charge in [0.2, 0.25) is 0 Å². The summed E-state index contributed by atoms with van der Waals surface area (Å²) in [4.78, 5) is 14.1. The maximum Gasteiger partial charge on any atom is 0.527 e. The summed E-state index contributed by atoms with van der Waals surface area (Å²) in [6.07, 6.45) is -2.31. The molecular formula is C19H21N4O7P. The second-order valence-corrected chi connectivity index (χ2v) is 9.22. The van der Waals surface area contributed by atoms with Crippen LogP contribution in [0.15, 0.2) is 48.8 Å². The van der Waals surface area contributed by atoms with Crippen LogP contribution in [0, 0.1) is 0 Å². The molecule has 5 rings (SSSR count). The molecule has 0 amide bonds. The van der Waals surface area contributed by atoms with E-state index in [0.717, 1.165) is 0 Å². The summed E-state index contributed by atoms with van der Waals surface area (Å²) in [6, 6.07) is 11.4. The summed E-state index contributed by atoms with van der Waals surface area (Å²) in [5.41, 5.74) is 4.09. The molecule has 5 N–H and O–H groups in total. The minimum absolute atomic E-state index is 0.101. The number of aromatic nitrogens is 3. The van der Waals surface area contributed by atoms with E-state index in [0.29, 0.717) is 11.2 Å². The van der Waals surface area contributed by atoms with E-state index in [1.54, 1.807) is 37.3 Å². The Balaban J connectivity index is 1.40. The summed E-state index contributed by atoms with van der Waals surface area (Å²) >= 11 is 0. The van der Waals surface area contributed by atoms with Gasteiger partial charge >= 0.3 is 7.82 Å². The smallest absolute Gasteiger partial charge is 0.404 e. The second kappa shape index (κ2) is 6.73. The second-order valence-electron chi connectivity index (χ2n) is 7.89. The predicted molar refractivity (Wildman–Crippen MR) is 107 cm³/mol. The molecular weight excluding hydrogens is 427 g/mol. The largest absolute Gasteiger partial charge is 0.527 e. The molecule has 11 nitrogen and oxygen atoms in total. The van der Waals surface area contributed by atoms with E-state index >= 15 is 0 Å². The first-order chi connectivity index (χ1) is 14.7. The van der Waals surface area contributed by atoms with Gasteiger partial charge in [-0.1, -0.05) is 18.2 Å². The van der Waals surface area contributed by atoms with Crippen LogP contribution in [-0.4, -0.2) is 53.6 Å². The number of nitrogens with two attached hydrogens (primary N) is 1. The van der Waals surface area contributed by atoms with Crippen molar-refractivity contribution >= 4 is 19.2 Å². The molecule has 1 aliphatic carbocycles. The molecule has 1 saturated carbocycles. The van der Waals surface area contributed by atoms with Gasteiger partial charge in [0.25, 0.3) is 0 Å². The van der Waals surface area contributed by atoms with Gasteiger partial charge < -0.3 is 25.2 Å². The summed E-state index contributed by atoms with van der Waals surface area (Å²) in [5, 5.41) is 25.8. The molecule has 12 heteroatoms. The Labute approximate surface area is 176 Å². The molecule has 2 aromatic heterocycles. The van der Waals surface area contributed by atoms with Gasteiger partial charge in [-0.15, -0.1) is 0 Å². The Kier molecular flexibility index (Phi) is 4.43. The molecule has 1 saturated heterocycles. The molecule has 31 heavy (non-hydrogen) atoms. The first kappa shape index (κ1) is 20.4. The highest BCUT2D eigenvalue weighted by atomic mass is 31.2. The van der Waals surface area contributed by atoms with Crippen LogP contribution in [0.4, 0.5) is 5.82 Å². The fourth-order valence-electron chi connectivity index (χ4n) is 4.19. The molecule has 6 atom stereocenters. The van der Waals surface area contributed by atoms with Crippen molar-refractivity contribution in [3.05, 3.63) is 54.5 Å². The Hall–Kier alpha value is -2.53. The minimum Gasteiger partial charge on any atom is -0.404 e. The van der Waals surface area contributed by atoms with Gasteiger partial charge in [-0.3, -0.25) is 9.42 Å². The van der Waals surface area contributed by atoms with E-state index in [1.165, 1.54) is 23.0 Å². The van der Waals surface area contributed by atoms with Crippen LogP contribution in [0.25, 0.3) is 5.52 Å². The lowest BCUT2D eigenvalue weighted by molar-refractivity contribution is -0.0983. The number of aliphatic hydroxyl groups is 2. The Morgan fingerprint density at radius 3 is 2.71 bits per heavy atom. The van der Waals surface area contributed by atoms with Crippen LogP contribution in [-0.2, 0) is 19.4 Å². The summed E-state index contributed by atoms with van der Waals surface area (Å²) < 4.78 is 30.4. The molecule has 1 aromatic carbocycles. The lowest BCUT2D eigenvalue weighted by Gasteiger charge is -2.27. The minimum atomic E-state index is -4.50. The van der Waals surface area contributed by atoms with Crippen LogP contribution in [0.3, 0.4) is 0 Å². The molecule has 2 fully saturated rings. The van der Waals surface area contributed by atoms with Gasteiger partial charge in [-0.2, -0.15) is 5.10 Å². The van der Waals surface area contributed by atoms with E-state index in [1.807, 2.05) is 0 Å². The molecule has 3 aromatic rings. The molecule has 0 radical (unpaired) electrons. The van der Waals surface area contributed by atoms with E-state index in [2.05, 4.69) is 10.1 Å². The number of rotatable bonds is 5. The van der Waals surface area contributed by atoms with Crippen molar-refractivity contribution in [2.75, 3.05) is 5.73 Å². The first-order valence-electron chi connectivity index (χ1n) is 9.57. The zero-order valence-electron chi connectivity index (χ0n) is 16.4. The number of para-hydroxylation sites is 1. The molecule has 3 heterocycles. The molecule has 1 spiro atoms. The SMILES string of the molecule is C[C@@]1(c2ccc3c(N)ncnn23)OC2(C[C@H]2OP(=O)(O)Oc2ccccc2)[C@@H](O)[C@H]1O. The zero-order chi connectivity index (χ0) is 22.0. The number of hydrogen-bond donors (Lipinski definition) is 4. The predicted octanol–water partition coefficient (Wildman–Crippen LogP) is 0.986. The number of aliphatic hydroxyl groups excluding tert-OH is 2. The highest BCUT2D eigenvalue weighted by Crippen LogP contribution is 2.62. The molecule has 2 aliphatic rings. The number of fused-ring (bicyclic) bond motifs is 1. The van der Waals surface area contributed by atoms with Gasteiger partial charge in [0, 0.05) is 6.42 Å². The number of nitrogens with zero attached hydrogens (tertiary/aromatic N) is 3. The van der Waals surface area contributed by atoms with Gasteiger partial charge in [0.1, 0.15) is 47.1 Å². The lowest BCUT2D eigenvalue weighted by Crippen LogP contribution is -2.40. The van der Waals surface area contributed by atoms with E-state index in [9.17, 15) is 19.7 Å². The fourth-order valence-corrected chi connectivity index (χ4v) is 5.19. The van der Waals surface area contributed by atoms with Crippen molar-refractivity contribution in [1.82, 2.24) is 14.6 Å². The van der Waals surface area contributed by atoms with Crippen molar-refractivity contribution in [1.29, 1.82) is 0 Å². The molecule has 2 unspecified atom stereocenters. The van der Waals surface area contributed by atoms with E-state index < -0.39 is 37.3 Å². The molecule has 164 valence electrons. The fraction of sp³-hybridized carbons (Fsp3) is 0.368. The van der Waals surface area contributed by atoms with E-state index in [4.69, 9.17) is 19.5 Å². The number of hydrogen-bond acceptors (Lipinski definition) is 9. The standard InChI is InChI=1S/C19H21N4O7P/c1-18(13-8-7-12-17(20)21-10-22-23(12)13)15(24)16(25)19(30-18)9-14(19)29-31(26,27)28-11-5-3-2-4-6-11/h2-8,10,14-16,24-25H,9H2,1H3,(H,26,27)(H2,20,21,22)/t14-,15-,16+,18+,19?/m1/s1.